The van der Waals surface area contributed by atoms with E-state index in [0.29, 0.717) is 5.82 Å². The minimum Gasteiger partial charge on any atom is -0.395 e. The monoisotopic (exact) mass is 142 g/mol. The largest absolute Gasteiger partial charge is 0.395 e. The predicted molar refractivity (Wildman–Crippen MR) is 34.4 cm³/mol. The van der Waals surface area contributed by atoms with Gasteiger partial charge in [0.05, 0.1) is 12.0 Å². The van der Waals surface area contributed by atoms with Crippen molar-refractivity contribution >= 4 is 0 Å². The van der Waals surface area contributed by atoms with Crippen LogP contribution in [0.4, 0.5) is 0 Å². The topological polar surface area (TPSA) is 59.2 Å². The second kappa shape index (κ2) is 2.38. The van der Waals surface area contributed by atoms with Crippen molar-refractivity contribution in [3.8, 4) is 0 Å². The summed E-state index contributed by atoms with van der Waals surface area (Å²) < 4.78 is 4.53. The summed E-state index contributed by atoms with van der Waals surface area (Å²) in [5.41, 5.74) is -0.396. The van der Waals surface area contributed by atoms with Crippen LogP contribution < -0.4 is 0 Å². The van der Waals surface area contributed by atoms with Gasteiger partial charge in [-0.2, -0.15) is 4.98 Å². The fraction of sp³-hybridized carbons (Fsp3) is 0.667. The Morgan fingerprint density at radius 3 is 2.80 bits per heavy atom. The SMILES string of the molecule is CC(C)(CO)c1ncon1. The summed E-state index contributed by atoms with van der Waals surface area (Å²) in [4.78, 5) is 3.82. The maximum absolute atomic E-state index is 8.84. The number of nitrogens with zero attached hydrogens (tertiary/aromatic N) is 2. The Morgan fingerprint density at radius 1 is 1.70 bits per heavy atom. The van der Waals surface area contributed by atoms with Crippen LogP contribution in [-0.2, 0) is 5.41 Å². The molecule has 0 unspecified atom stereocenters. The van der Waals surface area contributed by atoms with Gasteiger partial charge in [0.2, 0.25) is 6.39 Å². The van der Waals surface area contributed by atoms with Gasteiger partial charge in [-0.25, -0.2) is 0 Å². The van der Waals surface area contributed by atoms with Gasteiger partial charge in [0, 0.05) is 0 Å². The molecule has 1 rings (SSSR count). The van der Waals surface area contributed by atoms with Gasteiger partial charge in [0.15, 0.2) is 5.82 Å². The Bertz CT molecular complexity index is 194. The number of hydrogen-bond acceptors (Lipinski definition) is 4. The third kappa shape index (κ3) is 1.16. The fourth-order valence-electron chi connectivity index (χ4n) is 0.540. The molecule has 1 heterocycles. The Balaban J connectivity index is 2.85. The highest BCUT2D eigenvalue weighted by Gasteiger charge is 2.23. The lowest BCUT2D eigenvalue weighted by atomic mass is 9.94. The summed E-state index contributed by atoms with van der Waals surface area (Å²) in [6.07, 6.45) is 1.26. The third-order valence-electron chi connectivity index (χ3n) is 1.36. The van der Waals surface area contributed by atoms with E-state index in [4.69, 9.17) is 5.11 Å². The number of aliphatic hydroxyl groups excluding tert-OH is 1. The zero-order chi connectivity index (χ0) is 7.61. The first-order valence-electron chi connectivity index (χ1n) is 3.04. The van der Waals surface area contributed by atoms with Crippen LogP contribution in [0.5, 0.6) is 0 Å². The Labute approximate surface area is 58.9 Å². The van der Waals surface area contributed by atoms with Gasteiger partial charge in [-0.15, -0.1) is 0 Å². The molecule has 0 saturated heterocycles. The highest BCUT2D eigenvalue weighted by Crippen LogP contribution is 2.16. The van der Waals surface area contributed by atoms with E-state index < -0.39 is 5.41 Å². The Hall–Kier alpha value is -0.900. The molecule has 0 radical (unpaired) electrons. The summed E-state index contributed by atoms with van der Waals surface area (Å²) in [6, 6.07) is 0. The molecule has 0 aliphatic rings. The molecule has 0 aromatic carbocycles. The maximum Gasteiger partial charge on any atom is 0.213 e. The van der Waals surface area contributed by atoms with Crippen LogP contribution in [0.25, 0.3) is 0 Å². The minimum atomic E-state index is -0.396. The van der Waals surface area contributed by atoms with Gasteiger partial charge in [-0.3, -0.25) is 0 Å². The van der Waals surface area contributed by atoms with Crippen LogP contribution in [0, 0.1) is 0 Å². The molecule has 0 aliphatic heterocycles. The zero-order valence-corrected chi connectivity index (χ0v) is 6.03. The first kappa shape index (κ1) is 7.21. The summed E-state index contributed by atoms with van der Waals surface area (Å²) >= 11 is 0. The van der Waals surface area contributed by atoms with Crippen LogP contribution in [0.2, 0.25) is 0 Å². The number of rotatable bonds is 2. The van der Waals surface area contributed by atoms with Crippen molar-refractivity contribution in [2.75, 3.05) is 6.61 Å². The highest BCUT2D eigenvalue weighted by molar-refractivity contribution is 4.99. The molecule has 4 heteroatoms. The van der Waals surface area contributed by atoms with Crippen molar-refractivity contribution in [1.29, 1.82) is 0 Å². The van der Waals surface area contributed by atoms with Gasteiger partial charge < -0.3 is 9.63 Å². The van der Waals surface area contributed by atoms with E-state index in [2.05, 4.69) is 14.7 Å². The van der Waals surface area contributed by atoms with Crippen LogP contribution in [-0.4, -0.2) is 21.9 Å². The van der Waals surface area contributed by atoms with Gasteiger partial charge in [0.25, 0.3) is 0 Å². The number of hydrogen-bond donors (Lipinski definition) is 1. The van der Waals surface area contributed by atoms with Crippen molar-refractivity contribution in [3.05, 3.63) is 12.2 Å². The molecule has 1 N–H and O–H groups in total. The van der Waals surface area contributed by atoms with Crippen molar-refractivity contribution in [2.24, 2.45) is 0 Å². The van der Waals surface area contributed by atoms with Crippen molar-refractivity contribution in [3.63, 3.8) is 0 Å². The summed E-state index contributed by atoms with van der Waals surface area (Å²) in [7, 11) is 0. The Kier molecular flexibility index (Phi) is 1.72. The number of aliphatic hydroxyl groups is 1. The van der Waals surface area contributed by atoms with E-state index in [1.807, 2.05) is 13.8 Å². The van der Waals surface area contributed by atoms with E-state index in [0.717, 1.165) is 0 Å². The number of aromatic nitrogens is 2. The lowest BCUT2D eigenvalue weighted by Gasteiger charge is -2.15. The molecule has 0 saturated carbocycles. The summed E-state index contributed by atoms with van der Waals surface area (Å²) in [5, 5.41) is 12.5. The molecule has 0 spiro atoms. The van der Waals surface area contributed by atoms with Crippen LogP contribution in [0.1, 0.15) is 19.7 Å². The molecule has 1 aromatic heterocycles. The van der Waals surface area contributed by atoms with Crippen molar-refractivity contribution in [2.45, 2.75) is 19.3 Å². The van der Waals surface area contributed by atoms with E-state index in [1.165, 1.54) is 6.39 Å². The zero-order valence-electron chi connectivity index (χ0n) is 6.03. The fourth-order valence-corrected chi connectivity index (χ4v) is 0.540. The predicted octanol–water partition coefficient (Wildman–Crippen LogP) is 0.339. The maximum atomic E-state index is 8.84. The molecule has 56 valence electrons. The van der Waals surface area contributed by atoms with E-state index >= 15 is 0 Å². The van der Waals surface area contributed by atoms with Crippen molar-refractivity contribution < 1.29 is 9.63 Å². The first-order valence-corrected chi connectivity index (χ1v) is 3.04. The van der Waals surface area contributed by atoms with Gasteiger partial charge >= 0.3 is 0 Å². The van der Waals surface area contributed by atoms with Crippen LogP contribution >= 0.6 is 0 Å². The normalized spacial score (nSPS) is 11.9. The van der Waals surface area contributed by atoms with Gasteiger partial charge in [-0.1, -0.05) is 19.0 Å². The molecular formula is C6H10N2O2. The molecule has 0 bridgehead atoms. The highest BCUT2D eigenvalue weighted by atomic mass is 16.5. The summed E-state index contributed by atoms with van der Waals surface area (Å²) in [5.74, 6) is 0.537. The van der Waals surface area contributed by atoms with E-state index in [1.54, 1.807) is 0 Å². The van der Waals surface area contributed by atoms with Crippen LogP contribution in [0.3, 0.4) is 0 Å². The average Bonchev–Trinajstić information content (AvgIpc) is 2.38. The van der Waals surface area contributed by atoms with Crippen LogP contribution in [0.15, 0.2) is 10.9 Å². The molecule has 0 fully saturated rings. The third-order valence-corrected chi connectivity index (χ3v) is 1.36. The Morgan fingerprint density at radius 2 is 2.40 bits per heavy atom. The molecular weight excluding hydrogens is 132 g/mol. The second-order valence-corrected chi connectivity index (χ2v) is 2.80. The molecule has 0 atom stereocenters. The standard InChI is InChI=1S/C6H10N2O2/c1-6(2,3-9)5-7-4-10-8-5/h4,9H,3H2,1-2H3. The smallest absolute Gasteiger partial charge is 0.213 e. The minimum absolute atomic E-state index is 0.0204. The quantitative estimate of drug-likeness (QED) is 0.646. The first-order chi connectivity index (χ1) is 4.67. The lowest BCUT2D eigenvalue weighted by molar-refractivity contribution is 0.208. The molecule has 10 heavy (non-hydrogen) atoms. The van der Waals surface area contributed by atoms with Gasteiger partial charge in [0.1, 0.15) is 0 Å². The lowest BCUT2D eigenvalue weighted by Crippen LogP contribution is -2.23. The average molecular weight is 142 g/mol. The van der Waals surface area contributed by atoms with E-state index in [9.17, 15) is 0 Å². The van der Waals surface area contributed by atoms with Gasteiger partial charge in [-0.05, 0) is 0 Å². The molecule has 0 amide bonds. The summed E-state index contributed by atoms with van der Waals surface area (Å²) in [6.45, 7) is 3.71. The molecule has 4 nitrogen and oxygen atoms in total. The van der Waals surface area contributed by atoms with E-state index in [-0.39, 0.29) is 6.61 Å². The molecule has 1 aromatic rings. The van der Waals surface area contributed by atoms with Crippen molar-refractivity contribution in [1.82, 2.24) is 10.1 Å². The molecule has 0 aliphatic carbocycles. The second-order valence-electron chi connectivity index (χ2n) is 2.80.